The summed E-state index contributed by atoms with van der Waals surface area (Å²) in [7, 11) is -9.44. The molecule has 1 rings (SSSR count). The van der Waals surface area contributed by atoms with Crippen LogP contribution < -0.4 is 16.0 Å². The highest BCUT2D eigenvalue weighted by Crippen LogP contribution is 2.06. The molecule has 3 atom stereocenters. The second-order valence-electron chi connectivity index (χ2n) is 13.8. The normalized spacial score (nSPS) is 17.7. The fourth-order valence-corrected chi connectivity index (χ4v) is 7.10. The first-order valence-electron chi connectivity index (χ1n) is 17.5. The van der Waals surface area contributed by atoms with Crippen LogP contribution in [0.2, 0.25) is 0 Å². The van der Waals surface area contributed by atoms with Gasteiger partial charge in [0.15, 0.2) is 11.6 Å². The van der Waals surface area contributed by atoms with Crippen LogP contribution in [0.1, 0.15) is 47.5 Å². The van der Waals surface area contributed by atoms with Crippen LogP contribution >= 0.6 is 0 Å². The molecule has 1 saturated heterocycles. The van der Waals surface area contributed by atoms with E-state index in [0.29, 0.717) is 39.3 Å². The van der Waals surface area contributed by atoms with Gasteiger partial charge in [-0.15, -0.1) is 0 Å². The van der Waals surface area contributed by atoms with E-state index < -0.39 is 92.0 Å². The Hall–Kier alpha value is -3.58. The summed E-state index contributed by atoms with van der Waals surface area (Å²) in [6, 6.07) is -4.95. The van der Waals surface area contributed by atoms with E-state index in [9.17, 15) is 59.7 Å². The second-order valence-corrected chi connectivity index (χ2v) is 16.8. The monoisotopic (exact) mass is 825 g/mol. The van der Waals surface area contributed by atoms with Crippen LogP contribution in [0.25, 0.3) is 0 Å². The van der Waals surface area contributed by atoms with Gasteiger partial charge in [0.1, 0.15) is 47.0 Å². The van der Waals surface area contributed by atoms with Gasteiger partial charge < -0.3 is 16.0 Å². The minimum atomic E-state index is -4.76. The lowest BCUT2D eigenvalue weighted by atomic mass is 10.1. The lowest BCUT2D eigenvalue weighted by Crippen LogP contribution is -2.55. The summed E-state index contributed by atoms with van der Waals surface area (Å²) >= 11 is 0. The van der Waals surface area contributed by atoms with E-state index in [1.807, 2.05) is 14.7 Å². The molecular weight excluding hydrogens is 771 g/mol. The molecule has 0 saturated carbocycles. The number of amides is 3. The van der Waals surface area contributed by atoms with Crippen molar-refractivity contribution in [1.82, 2.24) is 35.6 Å². The van der Waals surface area contributed by atoms with Crippen LogP contribution in [0.15, 0.2) is 0 Å². The third kappa shape index (κ3) is 23.2. The van der Waals surface area contributed by atoms with E-state index in [4.69, 9.17) is 4.55 Å². The van der Waals surface area contributed by atoms with E-state index in [-0.39, 0.29) is 56.6 Å². The molecule has 0 bridgehead atoms. The smallest absolute Gasteiger partial charge is 0.267 e. The van der Waals surface area contributed by atoms with Crippen LogP contribution in [0.5, 0.6) is 0 Å². The van der Waals surface area contributed by atoms with Gasteiger partial charge in [-0.25, -0.2) is 0 Å². The molecule has 1 fully saturated rings. The Bertz CT molecular complexity index is 1590. The number of hydrogen-bond donors (Lipinski definition) is 5. The summed E-state index contributed by atoms with van der Waals surface area (Å²) in [4.78, 5) is 107. The lowest BCUT2D eigenvalue weighted by Gasteiger charge is -2.33. The molecule has 0 aromatic rings. The Morgan fingerprint density at radius 3 is 1.11 bits per heavy atom. The van der Waals surface area contributed by atoms with Gasteiger partial charge in [0, 0.05) is 58.8 Å². The lowest BCUT2D eigenvalue weighted by molar-refractivity contribution is -0.132. The van der Waals surface area contributed by atoms with Gasteiger partial charge in [-0.1, -0.05) is 0 Å². The Balaban J connectivity index is 3.32. The van der Waals surface area contributed by atoms with Crippen molar-refractivity contribution in [2.45, 2.75) is 65.6 Å². The molecule has 0 aliphatic carbocycles. The maximum absolute atomic E-state index is 13.5. The van der Waals surface area contributed by atoms with E-state index in [2.05, 4.69) is 16.0 Å². The number of rotatable bonds is 21. The van der Waals surface area contributed by atoms with Crippen LogP contribution in [0.3, 0.4) is 0 Å². The highest BCUT2D eigenvalue weighted by Gasteiger charge is 2.30. The quantitative estimate of drug-likeness (QED) is 0.0693. The van der Waals surface area contributed by atoms with Crippen molar-refractivity contribution in [3.8, 4) is 0 Å². The van der Waals surface area contributed by atoms with Crippen molar-refractivity contribution in [2.75, 3.05) is 90.0 Å². The summed E-state index contributed by atoms with van der Waals surface area (Å²) in [5, 5.41) is 6.75. The fourth-order valence-electron chi connectivity index (χ4n) is 5.62. The first-order chi connectivity index (χ1) is 25.3. The average molecular weight is 826 g/mol. The van der Waals surface area contributed by atoms with E-state index in [1.54, 1.807) is 4.90 Å². The topological polar surface area (TPSA) is 294 Å². The van der Waals surface area contributed by atoms with Crippen LogP contribution in [0, 0.1) is 0 Å². The molecule has 3 amide bonds. The number of Topliss-reactive ketones (excluding diaryl/α,β-unsaturated/α-hetero) is 5. The first kappa shape index (κ1) is 49.4. The molecule has 1 aliphatic rings. The van der Waals surface area contributed by atoms with Gasteiger partial charge in [-0.05, 0) is 41.0 Å². The highest BCUT2D eigenvalue weighted by atomic mass is 32.2. The van der Waals surface area contributed by atoms with Crippen molar-refractivity contribution >= 4 is 66.9 Å². The van der Waals surface area contributed by atoms with Gasteiger partial charge in [0.2, 0.25) is 17.7 Å². The number of carbonyl (C=O) groups excluding carboxylic acids is 8. The molecule has 23 heteroatoms. The van der Waals surface area contributed by atoms with Crippen molar-refractivity contribution in [3.05, 3.63) is 0 Å². The standard InChI is InChI=1S/C32H55N7O14S2/c1-22(40)16-36-8-10-37(17-23(2)41)12-14-39(15-13-38(11-9-36)18-24(3)42)19-31(46)33-27(32(47)35-29(26(5)44)21-55(51,52)53)6-7-30(45)34-28(25(4)43)20-54(48,49)50/h27-29H,6-21H2,1-5H3,(H,33,46)(H,34,45)(H,35,47)(H,48,49,50)(H,51,52,53)/t27-,28-,29-/m0/s1. The fraction of sp³-hybridized carbons (Fsp3) is 0.750. The average Bonchev–Trinajstić information content (AvgIpc) is 3.01. The van der Waals surface area contributed by atoms with Crippen molar-refractivity contribution in [3.63, 3.8) is 0 Å². The van der Waals surface area contributed by atoms with Crippen LogP contribution in [0.4, 0.5) is 0 Å². The first-order valence-corrected chi connectivity index (χ1v) is 20.7. The van der Waals surface area contributed by atoms with E-state index in [0.717, 1.165) is 13.8 Å². The zero-order valence-corrected chi connectivity index (χ0v) is 33.6. The van der Waals surface area contributed by atoms with Gasteiger partial charge >= 0.3 is 0 Å². The van der Waals surface area contributed by atoms with Gasteiger partial charge in [0.25, 0.3) is 20.2 Å². The zero-order valence-electron chi connectivity index (χ0n) is 31.9. The zero-order chi connectivity index (χ0) is 42.1. The Morgan fingerprint density at radius 1 is 0.491 bits per heavy atom. The number of ketones is 5. The predicted octanol–water partition coefficient (Wildman–Crippen LogP) is -3.84. The van der Waals surface area contributed by atoms with E-state index in [1.165, 1.54) is 20.8 Å². The van der Waals surface area contributed by atoms with Crippen LogP contribution in [-0.2, 0) is 58.6 Å². The third-order valence-corrected chi connectivity index (χ3v) is 9.84. The molecule has 21 nitrogen and oxygen atoms in total. The minimum Gasteiger partial charge on any atom is -0.345 e. The van der Waals surface area contributed by atoms with Crippen molar-refractivity contribution in [1.29, 1.82) is 0 Å². The van der Waals surface area contributed by atoms with E-state index >= 15 is 0 Å². The molecule has 0 aromatic heterocycles. The molecule has 0 radical (unpaired) electrons. The summed E-state index contributed by atoms with van der Waals surface area (Å²) < 4.78 is 64.1. The van der Waals surface area contributed by atoms with Gasteiger partial charge in [0.05, 0.1) is 26.2 Å². The molecular formula is C32H55N7O14S2. The summed E-state index contributed by atoms with van der Waals surface area (Å²) in [6.07, 6.45) is -1.09. The maximum Gasteiger partial charge on any atom is 0.267 e. The molecule has 1 heterocycles. The molecule has 314 valence electrons. The Morgan fingerprint density at radius 2 is 0.800 bits per heavy atom. The summed E-state index contributed by atoms with van der Waals surface area (Å²) in [6.45, 7) is 9.16. The molecule has 0 aromatic carbocycles. The van der Waals surface area contributed by atoms with Crippen molar-refractivity contribution < 1.29 is 64.3 Å². The highest BCUT2D eigenvalue weighted by molar-refractivity contribution is 7.86. The number of nitrogens with one attached hydrogen (secondary N) is 3. The predicted molar refractivity (Wildman–Crippen MR) is 197 cm³/mol. The third-order valence-electron chi connectivity index (χ3n) is 8.34. The number of carbonyl (C=O) groups is 8. The molecule has 0 unspecified atom stereocenters. The number of hydrogen-bond acceptors (Lipinski definition) is 16. The largest absolute Gasteiger partial charge is 0.345 e. The van der Waals surface area contributed by atoms with Crippen LogP contribution in [-0.4, -0.2) is 200 Å². The maximum atomic E-state index is 13.5. The summed E-state index contributed by atoms with van der Waals surface area (Å²) in [5.74, 6) is -7.00. The second kappa shape index (κ2) is 23.5. The minimum absolute atomic E-state index is 0.0409. The molecule has 0 spiro atoms. The molecule has 55 heavy (non-hydrogen) atoms. The molecule has 1 aliphatic heterocycles. The summed E-state index contributed by atoms with van der Waals surface area (Å²) in [5.41, 5.74) is 0. The van der Waals surface area contributed by atoms with Gasteiger partial charge in [-0.2, -0.15) is 16.8 Å². The van der Waals surface area contributed by atoms with Gasteiger partial charge in [-0.3, -0.25) is 67.1 Å². The molecule has 5 N–H and O–H groups in total. The Labute approximate surface area is 321 Å². The SMILES string of the molecule is CC(=O)CN1CCN(CC(C)=O)CCN(CC(=O)N[C@@H](CCC(=O)N[C@@H](CS(=O)(=O)O)C(C)=O)C(=O)N[C@@H](CS(=O)(=O)O)C(C)=O)CCN(CC(C)=O)CC1. The Kier molecular flexibility index (Phi) is 21.1. The van der Waals surface area contributed by atoms with Crippen molar-refractivity contribution in [2.24, 2.45) is 0 Å². The number of nitrogens with zero attached hydrogens (tertiary/aromatic N) is 4.